The Morgan fingerprint density at radius 3 is 0.957 bits per heavy atom. The number of carbonyl (C=O) groups excluding carboxylic acids is 3. The predicted octanol–water partition coefficient (Wildman–Crippen LogP) is 19.1. The van der Waals surface area contributed by atoms with Crippen molar-refractivity contribution in [2.24, 2.45) is 0 Å². The molecule has 0 spiro atoms. The summed E-state index contributed by atoms with van der Waals surface area (Å²) >= 11 is 0. The van der Waals surface area contributed by atoms with Crippen molar-refractivity contribution >= 4 is 17.9 Å². The van der Waals surface area contributed by atoms with Crippen LogP contribution in [0.4, 0.5) is 0 Å². The smallest absolute Gasteiger partial charge is 0.306 e. The van der Waals surface area contributed by atoms with Crippen LogP contribution in [0.1, 0.15) is 252 Å². The third kappa shape index (κ3) is 54.9. The van der Waals surface area contributed by atoms with E-state index in [1.165, 1.54) is 141 Å². The molecular formula is C63H104O6. The average molecular weight is 958 g/mol. The van der Waals surface area contributed by atoms with Crippen LogP contribution in [-0.4, -0.2) is 37.2 Å². The van der Waals surface area contributed by atoms with E-state index in [2.05, 4.69) is 57.2 Å². The molecule has 0 fully saturated rings. The van der Waals surface area contributed by atoms with Gasteiger partial charge in [0.05, 0.1) is 0 Å². The number of allylic oxidation sites excluding steroid dienone is 18. The molecule has 0 N–H and O–H groups in total. The summed E-state index contributed by atoms with van der Waals surface area (Å²) in [5.74, 6) is -0.952. The molecule has 69 heavy (non-hydrogen) atoms. The van der Waals surface area contributed by atoms with Gasteiger partial charge < -0.3 is 14.2 Å². The molecule has 6 heteroatoms. The summed E-state index contributed by atoms with van der Waals surface area (Å²) in [5, 5.41) is 0. The van der Waals surface area contributed by atoms with Crippen LogP contribution in [0.3, 0.4) is 0 Å². The molecule has 0 rings (SSSR count). The number of hydrogen-bond acceptors (Lipinski definition) is 6. The Hall–Kier alpha value is -3.93. The Balaban J connectivity index is 4.51. The van der Waals surface area contributed by atoms with Gasteiger partial charge in [-0.05, 0) is 89.9 Å². The molecule has 0 aromatic carbocycles. The van der Waals surface area contributed by atoms with Crippen LogP contribution in [0, 0.1) is 0 Å². The third-order valence-corrected chi connectivity index (χ3v) is 11.9. The number of ether oxygens (including phenoxy) is 3. The van der Waals surface area contributed by atoms with Crippen molar-refractivity contribution in [1.82, 2.24) is 0 Å². The van der Waals surface area contributed by atoms with E-state index in [1.54, 1.807) is 0 Å². The number of carbonyl (C=O) groups is 3. The van der Waals surface area contributed by atoms with Gasteiger partial charge in [-0.2, -0.15) is 0 Å². The Morgan fingerprint density at radius 1 is 0.304 bits per heavy atom. The minimum atomic E-state index is -0.803. The SMILES string of the molecule is CC\C=C/C=C\C=C/C=C\C=C\C=C/C=C\CCCCCC(=O)OCC(COC(=O)CCCCCCCCC/C=C\CCCCCC)OC(=O)CCCCCCCCC/C=C\CCCCCCCC. The zero-order chi connectivity index (χ0) is 50.0. The van der Waals surface area contributed by atoms with E-state index in [0.717, 1.165) is 70.6 Å². The van der Waals surface area contributed by atoms with Crippen LogP contribution in [-0.2, 0) is 28.6 Å². The van der Waals surface area contributed by atoms with E-state index in [4.69, 9.17) is 14.2 Å². The molecule has 0 radical (unpaired) electrons. The molecule has 1 unspecified atom stereocenters. The van der Waals surface area contributed by atoms with E-state index < -0.39 is 6.10 Å². The van der Waals surface area contributed by atoms with Gasteiger partial charge in [-0.1, -0.05) is 252 Å². The van der Waals surface area contributed by atoms with Crippen LogP contribution < -0.4 is 0 Å². The van der Waals surface area contributed by atoms with Crippen molar-refractivity contribution in [3.05, 3.63) is 109 Å². The second-order valence-corrected chi connectivity index (χ2v) is 18.6. The van der Waals surface area contributed by atoms with Crippen LogP contribution in [0.2, 0.25) is 0 Å². The molecule has 0 heterocycles. The molecule has 0 saturated carbocycles. The van der Waals surface area contributed by atoms with Gasteiger partial charge in [0, 0.05) is 19.3 Å². The van der Waals surface area contributed by atoms with E-state index in [-0.39, 0.29) is 31.1 Å². The van der Waals surface area contributed by atoms with Gasteiger partial charge in [-0.3, -0.25) is 14.4 Å². The maximum Gasteiger partial charge on any atom is 0.306 e. The number of rotatable bonds is 50. The van der Waals surface area contributed by atoms with E-state index >= 15 is 0 Å². The van der Waals surface area contributed by atoms with Gasteiger partial charge in [0.1, 0.15) is 13.2 Å². The van der Waals surface area contributed by atoms with Crippen molar-refractivity contribution in [3.63, 3.8) is 0 Å². The second-order valence-electron chi connectivity index (χ2n) is 18.6. The summed E-state index contributed by atoms with van der Waals surface area (Å²) < 4.78 is 16.8. The van der Waals surface area contributed by atoms with Crippen LogP contribution in [0.15, 0.2) is 109 Å². The zero-order valence-electron chi connectivity index (χ0n) is 44.8. The Labute approximate surface area is 425 Å². The topological polar surface area (TPSA) is 78.9 Å². The standard InChI is InChI=1S/C63H104O6/c1-4-7-10-13-16-19-22-25-28-30-31-33-35-38-41-44-47-50-53-56-62(65)68-59-60(58-67-61(64)55-52-49-46-43-40-37-34-27-24-21-18-15-12-9-6-3)69-63(66)57-54-51-48-45-42-39-36-32-29-26-23-20-17-14-11-8-5-2/h7,10,13,16,19,21-22,24-26,28-31,33,35,38,41,60H,4-6,8-9,11-12,14-15,17-18,20,23,27,32,34,36-37,39-40,42-59H2,1-3H3/b10-7-,16-13-,22-19-,24-21-,28-25-,29-26-,31-30+,35-33-,41-38-. The van der Waals surface area contributed by atoms with E-state index in [1.807, 2.05) is 72.9 Å². The maximum absolute atomic E-state index is 12.9. The lowest BCUT2D eigenvalue weighted by Crippen LogP contribution is -2.30. The van der Waals surface area contributed by atoms with Gasteiger partial charge >= 0.3 is 17.9 Å². The zero-order valence-corrected chi connectivity index (χ0v) is 44.8. The first-order valence-electron chi connectivity index (χ1n) is 28.5. The summed E-state index contributed by atoms with van der Waals surface area (Å²) in [5.41, 5.74) is 0. The minimum Gasteiger partial charge on any atom is -0.462 e. The van der Waals surface area contributed by atoms with Crippen molar-refractivity contribution in [2.45, 2.75) is 258 Å². The Bertz CT molecular complexity index is 1420. The molecular weight excluding hydrogens is 853 g/mol. The molecule has 0 aromatic rings. The normalized spacial score (nSPS) is 12.9. The molecule has 0 amide bonds. The summed E-state index contributed by atoms with van der Waals surface area (Å²) in [6.07, 6.45) is 76.4. The molecule has 6 nitrogen and oxygen atoms in total. The summed E-state index contributed by atoms with van der Waals surface area (Å²) in [7, 11) is 0. The third-order valence-electron chi connectivity index (χ3n) is 11.9. The molecule has 0 aliphatic rings. The molecule has 0 aromatic heterocycles. The van der Waals surface area contributed by atoms with Crippen molar-refractivity contribution in [3.8, 4) is 0 Å². The van der Waals surface area contributed by atoms with E-state index in [9.17, 15) is 14.4 Å². The lowest BCUT2D eigenvalue weighted by atomic mass is 10.1. The maximum atomic E-state index is 12.9. The minimum absolute atomic E-state index is 0.0981. The van der Waals surface area contributed by atoms with Gasteiger partial charge in [0.25, 0.3) is 0 Å². The summed E-state index contributed by atoms with van der Waals surface area (Å²) in [6.45, 7) is 6.44. The lowest BCUT2D eigenvalue weighted by molar-refractivity contribution is -0.167. The molecule has 0 aliphatic heterocycles. The molecule has 1 atom stereocenters. The highest BCUT2D eigenvalue weighted by Gasteiger charge is 2.19. The molecule has 0 aliphatic carbocycles. The Morgan fingerprint density at radius 2 is 0.580 bits per heavy atom. The monoisotopic (exact) mass is 957 g/mol. The molecule has 0 bridgehead atoms. The first-order chi connectivity index (χ1) is 34.0. The van der Waals surface area contributed by atoms with Crippen LogP contribution in [0.25, 0.3) is 0 Å². The van der Waals surface area contributed by atoms with Crippen LogP contribution in [0.5, 0.6) is 0 Å². The fourth-order valence-corrected chi connectivity index (χ4v) is 7.65. The van der Waals surface area contributed by atoms with Gasteiger partial charge in [-0.25, -0.2) is 0 Å². The molecule has 0 saturated heterocycles. The predicted molar refractivity (Wildman–Crippen MR) is 297 cm³/mol. The van der Waals surface area contributed by atoms with Gasteiger partial charge in [0.2, 0.25) is 0 Å². The van der Waals surface area contributed by atoms with E-state index in [0.29, 0.717) is 19.3 Å². The highest BCUT2D eigenvalue weighted by molar-refractivity contribution is 5.71. The highest BCUT2D eigenvalue weighted by Crippen LogP contribution is 2.15. The van der Waals surface area contributed by atoms with Gasteiger partial charge in [0.15, 0.2) is 6.10 Å². The highest BCUT2D eigenvalue weighted by atomic mass is 16.6. The van der Waals surface area contributed by atoms with Crippen LogP contribution >= 0.6 is 0 Å². The summed E-state index contributed by atoms with van der Waals surface area (Å²) in [6, 6.07) is 0. The fourth-order valence-electron chi connectivity index (χ4n) is 7.65. The Kier molecular flexibility index (Phi) is 53.4. The van der Waals surface area contributed by atoms with Crippen molar-refractivity contribution in [1.29, 1.82) is 0 Å². The van der Waals surface area contributed by atoms with Crippen molar-refractivity contribution in [2.75, 3.05) is 13.2 Å². The number of hydrogen-bond donors (Lipinski definition) is 0. The average Bonchev–Trinajstić information content (AvgIpc) is 3.35. The van der Waals surface area contributed by atoms with Crippen molar-refractivity contribution < 1.29 is 28.6 Å². The quantitative estimate of drug-likeness (QED) is 0.0199. The number of unbranched alkanes of at least 4 members (excludes halogenated alkanes) is 27. The first-order valence-corrected chi connectivity index (χ1v) is 28.5. The lowest BCUT2D eigenvalue weighted by Gasteiger charge is -2.18. The first kappa shape index (κ1) is 65.1. The number of esters is 3. The molecule has 392 valence electrons. The fraction of sp³-hybridized carbons (Fsp3) is 0.667. The van der Waals surface area contributed by atoms with Gasteiger partial charge in [-0.15, -0.1) is 0 Å². The largest absolute Gasteiger partial charge is 0.462 e. The second kappa shape index (κ2) is 56.7. The summed E-state index contributed by atoms with van der Waals surface area (Å²) in [4.78, 5) is 38.2.